The van der Waals surface area contributed by atoms with Crippen LogP contribution in [0.4, 0.5) is 0 Å². The van der Waals surface area contributed by atoms with Crippen LogP contribution in [-0.2, 0) is 0 Å². The van der Waals surface area contributed by atoms with Gasteiger partial charge in [-0.3, -0.25) is 0 Å². The molecule has 1 aromatic rings. The fraction of sp³-hybridized carbons (Fsp3) is 0.562. The van der Waals surface area contributed by atoms with Crippen LogP contribution >= 0.6 is 15.9 Å². The molecule has 1 aromatic carbocycles. The zero-order valence-corrected chi connectivity index (χ0v) is 13.7. The Morgan fingerprint density at radius 2 is 2.10 bits per heavy atom. The summed E-state index contributed by atoms with van der Waals surface area (Å²) in [6, 6.07) is 5.15. The van der Waals surface area contributed by atoms with Crippen LogP contribution < -0.4 is 4.74 Å². The van der Waals surface area contributed by atoms with Crippen LogP contribution in [0, 0.1) is 11.3 Å². The minimum absolute atomic E-state index is 0.0908. The fourth-order valence-electron chi connectivity index (χ4n) is 3.30. The van der Waals surface area contributed by atoms with Crippen molar-refractivity contribution in [1.82, 2.24) is 0 Å². The van der Waals surface area contributed by atoms with E-state index in [1.165, 1.54) is 6.42 Å². The van der Waals surface area contributed by atoms with E-state index in [1.54, 1.807) is 12.1 Å². The van der Waals surface area contributed by atoms with E-state index >= 15 is 0 Å². The van der Waals surface area contributed by atoms with E-state index in [-0.39, 0.29) is 17.1 Å². The Labute approximate surface area is 128 Å². The van der Waals surface area contributed by atoms with E-state index in [9.17, 15) is 9.90 Å². The van der Waals surface area contributed by atoms with Gasteiger partial charge in [0.05, 0.1) is 6.10 Å². The lowest BCUT2D eigenvalue weighted by molar-refractivity contribution is 0.0532. The molecule has 0 aromatic heterocycles. The zero-order valence-electron chi connectivity index (χ0n) is 12.1. The number of ether oxygens (including phenoxy) is 1. The predicted molar refractivity (Wildman–Crippen MR) is 82.3 cm³/mol. The number of aromatic carboxylic acids is 1. The minimum Gasteiger partial charge on any atom is -0.489 e. The van der Waals surface area contributed by atoms with E-state index in [1.807, 2.05) is 6.07 Å². The Balaban J connectivity index is 2.19. The van der Waals surface area contributed by atoms with Crippen LogP contribution in [0.1, 0.15) is 50.4 Å². The first-order valence-electron chi connectivity index (χ1n) is 6.96. The van der Waals surface area contributed by atoms with Crippen molar-refractivity contribution in [3.63, 3.8) is 0 Å². The van der Waals surface area contributed by atoms with E-state index in [2.05, 4.69) is 36.7 Å². The van der Waals surface area contributed by atoms with Crippen molar-refractivity contribution < 1.29 is 14.6 Å². The molecule has 2 rings (SSSR count). The normalized spacial score (nSPS) is 25.2. The second kappa shape index (κ2) is 5.76. The van der Waals surface area contributed by atoms with Gasteiger partial charge < -0.3 is 9.84 Å². The number of carbonyl (C=O) groups is 1. The molecule has 0 aliphatic heterocycles. The topological polar surface area (TPSA) is 46.5 Å². The zero-order chi connectivity index (χ0) is 14.9. The number of rotatable bonds is 3. The maximum atomic E-state index is 11.3. The lowest BCUT2D eigenvalue weighted by Gasteiger charge is -2.39. The second-order valence-electron chi connectivity index (χ2n) is 6.60. The Bertz CT molecular complexity index is 510. The van der Waals surface area contributed by atoms with Crippen molar-refractivity contribution >= 4 is 21.9 Å². The van der Waals surface area contributed by atoms with Crippen molar-refractivity contribution in [2.75, 3.05) is 0 Å². The molecule has 0 bridgehead atoms. The fourth-order valence-corrected chi connectivity index (χ4v) is 3.66. The van der Waals surface area contributed by atoms with Gasteiger partial charge in [-0.2, -0.15) is 0 Å². The summed E-state index contributed by atoms with van der Waals surface area (Å²) in [5.74, 6) is 0.118. The van der Waals surface area contributed by atoms with Crippen molar-refractivity contribution in [3.05, 3.63) is 28.2 Å². The summed E-state index contributed by atoms with van der Waals surface area (Å²) >= 11 is 3.30. The Kier molecular flexibility index (Phi) is 4.43. The first-order chi connectivity index (χ1) is 9.27. The summed E-state index contributed by atoms with van der Waals surface area (Å²) in [6.45, 7) is 6.73. The van der Waals surface area contributed by atoms with Gasteiger partial charge in [-0.05, 0) is 48.8 Å². The molecule has 0 spiro atoms. The summed E-state index contributed by atoms with van der Waals surface area (Å²) in [6.07, 6.45) is 3.23. The molecule has 4 heteroatoms. The highest BCUT2D eigenvalue weighted by molar-refractivity contribution is 9.10. The molecular formula is C16H21BrO3. The van der Waals surface area contributed by atoms with E-state index in [4.69, 9.17) is 4.74 Å². The van der Waals surface area contributed by atoms with Gasteiger partial charge in [-0.15, -0.1) is 0 Å². The lowest BCUT2D eigenvalue weighted by atomic mass is 9.71. The molecule has 0 amide bonds. The molecular weight excluding hydrogens is 320 g/mol. The molecule has 1 aliphatic rings. The molecule has 2 atom stereocenters. The quantitative estimate of drug-likeness (QED) is 0.864. The van der Waals surface area contributed by atoms with E-state index in [0.717, 1.165) is 17.3 Å². The number of carboxylic acid groups (broad SMARTS) is 1. The maximum Gasteiger partial charge on any atom is 0.339 e. The van der Waals surface area contributed by atoms with Crippen LogP contribution in [-0.4, -0.2) is 17.2 Å². The molecule has 1 saturated carbocycles. The maximum absolute atomic E-state index is 11.3. The molecule has 0 radical (unpaired) electrons. The van der Waals surface area contributed by atoms with Crippen LogP contribution in [0.5, 0.6) is 5.75 Å². The van der Waals surface area contributed by atoms with Crippen molar-refractivity contribution in [2.45, 2.75) is 46.1 Å². The SMILES string of the molecule is CC1CC(Oc2ccc(Br)cc2C(=O)O)CC(C)(C)C1. The second-order valence-corrected chi connectivity index (χ2v) is 7.51. The van der Waals surface area contributed by atoms with Gasteiger partial charge in [0, 0.05) is 4.47 Å². The molecule has 1 N–H and O–H groups in total. The first-order valence-corrected chi connectivity index (χ1v) is 7.76. The third-order valence-corrected chi connectivity index (χ3v) is 4.31. The molecule has 3 nitrogen and oxygen atoms in total. The van der Waals surface area contributed by atoms with Gasteiger partial charge in [0.1, 0.15) is 11.3 Å². The number of benzene rings is 1. The molecule has 2 unspecified atom stereocenters. The highest BCUT2D eigenvalue weighted by Gasteiger charge is 2.33. The molecule has 20 heavy (non-hydrogen) atoms. The predicted octanol–water partition coefficient (Wildman–Crippen LogP) is 4.74. The van der Waals surface area contributed by atoms with Gasteiger partial charge in [-0.1, -0.05) is 36.7 Å². The summed E-state index contributed by atoms with van der Waals surface area (Å²) in [7, 11) is 0. The van der Waals surface area contributed by atoms with E-state index < -0.39 is 5.97 Å². The average molecular weight is 341 g/mol. The summed E-state index contributed by atoms with van der Waals surface area (Å²) in [4.78, 5) is 11.3. The van der Waals surface area contributed by atoms with Gasteiger partial charge in [0.25, 0.3) is 0 Å². The highest BCUT2D eigenvalue weighted by atomic mass is 79.9. The lowest BCUT2D eigenvalue weighted by Crippen LogP contribution is -2.34. The Morgan fingerprint density at radius 3 is 2.70 bits per heavy atom. The third-order valence-electron chi connectivity index (χ3n) is 3.81. The molecule has 0 saturated heterocycles. The third kappa shape index (κ3) is 3.75. The van der Waals surface area contributed by atoms with Crippen molar-refractivity contribution in [2.24, 2.45) is 11.3 Å². The average Bonchev–Trinajstić information content (AvgIpc) is 2.28. The van der Waals surface area contributed by atoms with Gasteiger partial charge in [-0.25, -0.2) is 4.79 Å². The van der Waals surface area contributed by atoms with Crippen molar-refractivity contribution in [1.29, 1.82) is 0 Å². The number of hydrogen-bond donors (Lipinski definition) is 1. The largest absolute Gasteiger partial charge is 0.489 e. The van der Waals surface area contributed by atoms with Gasteiger partial charge >= 0.3 is 5.97 Å². The monoisotopic (exact) mass is 340 g/mol. The smallest absolute Gasteiger partial charge is 0.339 e. The van der Waals surface area contributed by atoms with Crippen LogP contribution in [0.2, 0.25) is 0 Å². The Morgan fingerprint density at radius 1 is 1.40 bits per heavy atom. The molecule has 1 fully saturated rings. The van der Waals surface area contributed by atoms with Gasteiger partial charge in [0.15, 0.2) is 0 Å². The van der Waals surface area contributed by atoms with Crippen molar-refractivity contribution in [3.8, 4) is 5.75 Å². The standard InChI is InChI=1S/C16H21BrO3/c1-10-6-12(9-16(2,3)8-10)20-14-5-4-11(17)7-13(14)15(18)19/h4-5,7,10,12H,6,8-9H2,1-3H3,(H,18,19). The highest BCUT2D eigenvalue weighted by Crippen LogP contribution is 2.40. The summed E-state index contributed by atoms with van der Waals surface area (Å²) in [5.41, 5.74) is 0.469. The number of carboxylic acids is 1. The van der Waals surface area contributed by atoms with Crippen LogP contribution in [0.25, 0.3) is 0 Å². The van der Waals surface area contributed by atoms with E-state index in [0.29, 0.717) is 11.7 Å². The minimum atomic E-state index is -0.954. The Hall–Kier alpha value is -1.03. The van der Waals surface area contributed by atoms with Gasteiger partial charge in [0.2, 0.25) is 0 Å². The first kappa shape index (κ1) is 15.4. The molecule has 0 heterocycles. The summed E-state index contributed by atoms with van der Waals surface area (Å²) in [5, 5.41) is 9.27. The molecule has 110 valence electrons. The van der Waals surface area contributed by atoms with Crippen LogP contribution in [0.15, 0.2) is 22.7 Å². The van der Waals surface area contributed by atoms with Crippen LogP contribution in [0.3, 0.4) is 0 Å². The number of hydrogen-bond acceptors (Lipinski definition) is 2. The number of halogens is 1. The summed E-state index contributed by atoms with van der Waals surface area (Å²) < 4.78 is 6.76. The molecule has 1 aliphatic carbocycles.